The zero-order valence-corrected chi connectivity index (χ0v) is 11.9. The highest BCUT2D eigenvalue weighted by atomic mass is 16.5. The van der Waals surface area contributed by atoms with E-state index in [1.165, 1.54) is 0 Å². The topological polar surface area (TPSA) is 76.5 Å². The minimum Gasteiger partial charge on any atom is -0.497 e. The van der Waals surface area contributed by atoms with Gasteiger partial charge >= 0.3 is 0 Å². The molecule has 0 saturated carbocycles. The highest BCUT2D eigenvalue weighted by Crippen LogP contribution is 2.16. The molecule has 2 aromatic rings. The van der Waals surface area contributed by atoms with Crippen LogP contribution in [0, 0.1) is 0 Å². The molecule has 2 rings (SSSR count). The summed E-state index contributed by atoms with van der Waals surface area (Å²) in [6.45, 7) is 1.21. The Morgan fingerprint density at radius 1 is 1.19 bits per heavy atom. The van der Waals surface area contributed by atoms with E-state index in [0.717, 1.165) is 11.4 Å². The van der Waals surface area contributed by atoms with Gasteiger partial charge in [0.05, 0.1) is 12.8 Å². The van der Waals surface area contributed by atoms with Gasteiger partial charge in [0.2, 0.25) is 0 Å². The summed E-state index contributed by atoms with van der Waals surface area (Å²) in [7, 11) is 1.61. The van der Waals surface area contributed by atoms with Crippen LogP contribution in [0.1, 0.15) is 5.69 Å². The van der Waals surface area contributed by atoms with Gasteiger partial charge in [-0.3, -0.25) is 0 Å². The first-order valence-corrected chi connectivity index (χ1v) is 6.70. The third-order valence-electron chi connectivity index (χ3n) is 2.82. The number of aromatic nitrogens is 2. The summed E-state index contributed by atoms with van der Waals surface area (Å²) in [5.74, 6) is 1.47. The minimum atomic E-state index is -0.594. The van der Waals surface area contributed by atoms with Gasteiger partial charge in [-0.1, -0.05) is 0 Å². The molecule has 0 aliphatic carbocycles. The van der Waals surface area contributed by atoms with Crippen LogP contribution in [-0.2, 0) is 6.54 Å². The van der Waals surface area contributed by atoms with Gasteiger partial charge in [-0.15, -0.1) is 0 Å². The van der Waals surface area contributed by atoms with E-state index in [0.29, 0.717) is 18.8 Å². The lowest BCUT2D eigenvalue weighted by Crippen LogP contribution is -2.31. The number of rotatable bonds is 8. The first kappa shape index (κ1) is 15.2. The number of nitrogens with zero attached hydrogens (tertiary/aromatic N) is 2. The lowest BCUT2D eigenvalue weighted by atomic mass is 10.3. The quantitative estimate of drug-likeness (QED) is 0.755. The molecule has 0 radical (unpaired) electrons. The van der Waals surface area contributed by atoms with Crippen LogP contribution in [0.3, 0.4) is 0 Å². The maximum atomic E-state index is 9.84. The number of ether oxygens (including phenoxy) is 2. The molecule has 112 valence electrons. The van der Waals surface area contributed by atoms with Crippen LogP contribution < -0.4 is 14.8 Å². The highest BCUT2D eigenvalue weighted by molar-refractivity contribution is 5.31. The van der Waals surface area contributed by atoms with Crippen molar-refractivity contribution in [1.82, 2.24) is 15.5 Å². The van der Waals surface area contributed by atoms with Gasteiger partial charge in [-0.05, 0) is 36.4 Å². The lowest BCUT2D eigenvalue weighted by Gasteiger charge is -2.13. The molecular formula is C15H19N3O3. The van der Waals surface area contributed by atoms with Crippen LogP contribution in [0.25, 0.3) is 0 Å². The summed E-state index contributed by atoms with van der Waals surface area (Å²) >= 11 is 0. The van der Waals surface area contributed by atoms with Gasteiger partial charge in [0.1, 0.15) is 24.2 Å². The molecular weight excluding hydrogens is 270 g/mol. The zero-order chi connectivity index (χ0) is 14.9. The van der Waals surface area contributed by atoms with E-state index in [9.17, 15) is 5.11 Å². The number of aliphatic hydroxyl groups excluding tert-OH is 1. The molecule has 1 aromatic heterocycles. The largest absolute Gasteiger partial charge is 0.497 e. The van der Waals surface area contributed by atoms with Crippen molar-refractivity contribution in [2.75, 3.05) is 20.3 Å². The highest BCUT2D eigenvalue weighted by Gasteiger charge is 2.05. The standard InChI is InChI=1S/C15H19N3O3/c1-20-14-4-6-15(7-5-14)21-11-13(19)10-16-9-12-3-2-8-17-18-12/h2-8,13,16,19H,9-11H2,1H3. The molecule has 1 atom stereocenters. The number of hydrogen-bond acceptors (Lipinski definition) is 6. The van der Waals surface area contributed by atoms with Gasteiger partial charge in [0.15, 0.2) is 0 Å². The number of aliphatic hydroxyl groups is 1. The molecule has 0 saturated heterocycles. The van der Waals surface area contributed by atoms with Gasteiger partial charge in [-0.2, -0.15) is 10.2 Å². The van der Waals surface area contributed by atoms with Crippen molar-refractivity contribution in [2.24, 2.45) is 0 Å². The molecule has 21 heavy (non-hydrogen) atoms. The maximum Gasteiger partial charge on any atom is 0.119 e. The summed E-state index contributed by atoms with van der Waals surface area (Å²) in [5, 5.41) is 20.7. The Balaban J connectivity index is 1.66. The molecule has 2 N–H and O–H groups in total. The Hall–Kier alpha value is -2.18. The van der Waals surface area contributed by atoms with E-state index in [2.05, 4.69) is 15.5 Å². The first-order valence-electron chi connectivity index (χ1n) is 6.70. The SMILES string of the molecule is COc1ccc(OCC(O)CNCc2cccnn2)cc1. The maximum absolute atomic E-state index is 9.84. The van der Waals surface area contributed by atoms with Crippen LogP contribution >= 0.6 is 0 Å². The number of methoxy groups -OCH3 is 1. The zero-order valence-electron chi connectivity index (χ0n) is 11.9. The molecule has 6 heteroatoms. The van der Waals surface area contributed by atoms with Crippen molar-refractivity contribution in [2.45, 2.75) is 12.6 Å². The number of nitrogens with one attached hydrogen (secondary N) is 1. The van der Waals surface area contributed by atoms with Gasteiger partial charge in [-0.25, -0.2) is 0 Å². The second-order valence-electron chi connectivity index (χ2n) is 4.49. The van der Waals surface area contributed by atoms with E-state index in [1.54, 1.807) is 25.4 Å². The van der Waals surface area contributed by atoms with Crippen LogP contribution in [-0.4, -0.2) is 41.7 Å². The van der Waals surface area contributed by atoms with Crippen molar-refractivity contribution in [3.8, 4) is 11.5 Å². The molecule has 0 aliphatic rings. The summed E-state index contributed by atoms with van der Waals surface area (Å²) in [4.78, 5) is 0. The predicted octanol–water partition coefficient (Wildman–Crippen LogP) is 1.01. The minimum absolute atomic E-state index is 0.222. The monoisotopic (exact) mass is 289 g/mol. The predicted molar refractivity (Wildman–Crippen MR) is 78.2 cm³/mol. The van der Waals surface area contributed by atoms with E-state index < -0.39 is 6.10 Å². The third kappa shape index (κ3) is 5.37. The van der Waals surface area contributed by atoms with Crippen LogP contribution in [0.5, 0.6) is 11.5 Å². The van der Waals surface area contributed by atoms with Crippen molar-refractivity contribution < 1.29 is 14.6 Å². The van der Waals surface area contributed by atoms with Crippen molar-refractivity contribution in [3.05, 3.63) is 48.3 Å². The van der Waals surface area contributed by atoms with Gasteiger partial charge < -0.3 is 19.9 Å². The Kier molecular flexibility index (Phi) is 5.93. The number of hydrogen-bond donors (Lipinski definition) is 2. The molecule has 0 spiro atoms. The van der Waals surface area contributed by atoms with Crippen LogP contribution in [0.15, 0.2) is 42.6 Å². The third-order valence-corrected chi connectivity index (χ3v) is 2.82. The molecule has 0 aliphatic heterocycles. The van der Waals surface area contributed by atoms with E-state index in [1.807, 2.05) is 24.3 Å². The molecule has 0 bridgehead atoms. The fraction of sp³-hybridized carbons (Fsp3) is 0.333. The average Bonchev–Trinajstić information content (AvgIpc) is 2.54. The molecule has 0 fully saturated rings. The average molecular weight is 289 g/mol. The van der Waals surface area contributed by atoms with Crippen molar-refractivity contribution in [1.29, 1.82) is 0 Å². The molecule has 1 aromatic carbocycles. The fourth-order valence-corrected chi connectivity index (χ4v) is 1.72. The number of benzene rings is 1. The Labute approximate surface area is 123 Å². The molecule has 1 unspecified atom stereocenters. The Bertz CT molecular complexity index is 519. The molecule has 0 amide bonds. The van der Waals surface area contributed by atoms with Crippen LogP contribution in [0.2, 0.25) is 0 Å². The summed E-state index contributed by atoms with van der Waals surface area (Å²) in [6.07, 6.45) is 1.03. The summed E-state index contributed by atoms with van der Waals surface area (Å²) in [5.41, 5.74) is 0.834. The fourth-order valence-electron chi connectivity index (χ4n) is 1.72. The molecule has 6 nitrogen and oxygen atoms in total. The molecule has 1 heterocycles. The Morgan fingerprint density at radius 2 is 1.95 bits per heavy atom. The smallest absolute Gasteiger partial charge is 0.119 e. The second kappa shape index (κ2) is 8.18. The van der Waals surface area contributed by atoms with Crippen molar-refractivity contribution in [3.63, 3.8) is 0 Å². The van der Waals surface area contributed by atoms with Crippen molar-refractivity contribution >= 4 is 0 Å². The van der Waals surface area contributed by atoms with Crippen LogP contribution in [0.4, 0.5) is 0 Å². The lowest BCUT2D eigenvalue weighted by molar-refractivity contribution is 0.106. The normalized spacial score (nSPS) is 11.9. The second-order valence-corrected chi connectivity index (χ2v) is 4.49. The Morgan fingerprint density at radius 3 is 2.62 bits per heavy atom. The van der Waals surface area contributed by atoms with E-state index in [4.69, 9.17) is 9.47 Å². The van der Waals surface area contributed by atoms with E-state index in [-0.39, 0.29) is 6.61 Å². The van der Waals surface area contributed by atoms with Gasteiger partial charge in [0.25, 0.3) is 0 Å². The summed E-state index contributed by atoms with van der Waals surface area (Å²) in [6, 6.07) is 10.9. The first-order chi connectivity index (χ1) is 10.3. The van der Waals surface area contributed by atoms with E-state index >= 15 is 0 Å². The van der Waals surface area contributed by atoms with Gasteiger partial charge in [0, 0.05) is 19.3 Å². The summed E-state index contributed by atoms with van der Waals surface area (Å²) < 4.78 is 10.6.